The summed E-state index contributed by atoms with van der Waals surface area (Å²) in [6.07, 6.45) is 3.66. The molecule has 0 aromatic carbocycles. The normalized spacial score (nSPS) is 17.0. The molecule has 0 bridgehead atoms. The van der Waals surface area contributed by atoms with E-state index in [9.17, 15) is 8.42 Å². The number of aromatic nitrogens is 2. The molecule has 0 radical (unpaired) electrons. The third kappa shape index (κ3) is 3.62. The van der Waals surface area contributed by atoms with Gasteiger partial charge in [0.25, 0.3) is 0 Å². The molecule has 0 amide bonds. The number of hydrogen-bond donors (Lipinski definition) is 1. The fraction of sp³-hybridized carbons (Fsp3) is 0.692. The summed E-state index contributed by atoms with van der Waals surface area (Å²) < 4.78 is 24.6. The maximum atomic E-state index is 11.6. The van der Waals surface area contributed by atoms with Gasteiger partial charge in [-0.25, -0.2) is 18.4 Å². The van der Waals surface area contributed by atoms with Crippen molar-refractivity contribution < 1.29 is 8.42 Å². The molecule has 1 N–H and O–H groups in total. The zero-order valence-corrected chi connectivity index (χ0v) is 13.7. The van der Waals surface area contributed by atoms with Crippen LogP contribution in [0.3, 0.4) is 0 Å². The highest BCUT2D eigenvalue weighted by molar-refractivity contribution is 7.88. The van der Waals surface area contributed by atoms with E-state index in [-0.39, 0.29) is 0 Å². The van der Waals surface area contributed by atoms with Crippen molar-refractivity contribution in [3.63, 3.8) is 0 Å². The van der Waals surface area contributed by atoms with Crippen molar-refractivity contribution in [3.05, 3.63) is 11.9 Å². The largest absolute Gasteiger partial charge is 0.370 e. The molecule has 0 atom stereocenters. The molecule has 118 valence electrons. The fourth-order valence-corrected chi connectivity index (χ4v) is 3.38. The molecule has 1 aliphatic heterocycles. The van der Waals surface area contributed by atoms with E-state index in [4.69, 9.17) is 0 Å². The molecule has 1 fully saturated rings. The molecule has 0 aliphatic carbocycles. The van der Waals surface area contributed by atoms with E-state index in [1.165, 1.54) is 10.6 Å². The van der Waals surface area contributed by atoms with E-state index < -0.39 is 10.0 Å². The summed E-state index contributed by atoms with van der Waals surface area (Å²) in [6.45, 7) is 7.24. The van der Waals surface area contributed by atoms with Gasteiger partial charge in [0.2, 0.25) is 10.0 Å². The Kier molecular flexibility index (Phi) is 5.00. The first-order valence-corrected chi connectivity index (χ1v) is 9.10. The third-order valence-corrected chi connectivity index (χ3v) is 4.93. The molecule has 0 spiro atoms. The molecule has 1 saturated heterocycles. The van der Waals surface area contributed by atoms with E-state index in [1.54, 1.807) is 6.33 Å². The lowest BCUT2D eigenvalue weighted by Gasteiger charge is -2.35. The van der Waals surface area contributed by atoms with E-state index in [0.29, 0.717) is 26.2 Å². The van der Waals surface area contributed by atoms with Crippen LogP contribution in [-0.4, -0.2) is 61.7 Å². The van der Waals surface area contributed by atoms with Gasteiger partial charge in [0, 0.05) is 38.3 Å². The summed E-state index contributed by atoms with van der Waals surface area (Å²) in [4.78, 5) is 10.8. The van der Waals surface area contributed by atoms with Crippen LogP contribution in [0.2, 0.25) is 0 Å². The molecular formula is C13H23N5O2S. The van der Waals surface area contributed by atoms with Crippen molar-refractivity contribution in [2.75, 3.05) is 49.2 Å². The zero-order chi connectivity index (χ0) is 15.5. The Morgan fingerprint density at radius 1 is 1.19 bits per heavy atom. The minimum atomic E-state index is -3.10. The van der Waals surface area contributed by atoms with Crippen molar-refractivity contribution in [1.82, 2.24) is 14.3 Å². The third-order valence-electron chi connectivity index (χ3n) is 3.63. The average molecular weight is 313 g/mol. The van der Waals surface area contributed by atoms with E-state index in [1.807, 2.05) is 6.92 Å². The Bertz CT molecular complexity index is 582. The standard InChI is InChI=1S/C13H23N5O2S/c1-4-11-12(14-5-2)15-10-16-13(11)17-6-8-18(9-7-17)21(3,19)20/h10H,4-9H2,1-3H3,(H,14,15,16). The number of anilines is 2. The van der Waals surface area contributed by atoms with Crippen molar-refractivity contribution in [2.24, 2.45) is 0 Å². The van der Waals surface area contributed by atoms with E-state index in [2.05, 4.69) is 27.1 Å². The summed E-state index contributed by atoms with van der Waals surface area (Å²) in [5.41, 5.74) is 1.09. The predicted octanol–water partition coefficient (Wildman–Crippen LogP) is 0.552. The molecule has 1 aromatic heterocycles. The highest BCUT2D eigenvalue weighted by Crippen LogP contribution is 2.25. The second-order valence-electron chi connectivity index (χ2n) is 5.06. The lowest BCUT2D eigenvalue weighted by Crippen LogP contribution is -2.48. The fourth-order valence-electron chi connectivity index (χ4n) is 2.55. The van der Waals surface area contributed by atoms with Crippen molar-refractivity contribution in [2.45, 2.75) is 20.3 Å². The highest BCUT2D eigenvalue weighted by Gasteiger charge is 2.25. The Balaban J connectivity index is 2.18. The van der Waals surface area contributed by atoms with Crippen molar-refractivity contribution in [3.8, 4) is 0 Å². The Labute approximate surface area is 126 Å². The minimum absolute atomic E-state index is 0.503. The Morgan fingerprint density at radius 3 is 2.38 bits per heavy atom. The van der Waals surface area contributed by atoms with Gasteiger partial charge in [0.05, 0.1) is 6.26 Å². The topological polar surface area (TPSA) is 78.4 Å². The summed E-state index contributed by atoms with van der Waals surface area (Å²) >= 11 is 0. The van der Waals surface area contributed by atoms with E-state index in [0.717, 1.165) is 30.2 Å². The molecular weight excluding hydrogens is 290 g/mol. The smallest absolute Gasteiger partial charge is 0.211 e. The van der Waals surface area contributed by atoms with Crippen LogP contribution in [0.4, 0.5) is 11.6 Å². The van der Waals surface area contributed by atoms with Crippen LogP contribution in [0.1, 0.15) is 19.4 Å². The Hall–Kier alpha value is -1.41. The van der Waals surface area contributed by atoms with Gasteiger partial charge in [-0.1, -0.05) is 6.92 Å². The summed E-state index contributed by atoms with van der Waals surface area (Å²) in [5.74, 6) is 1.78. The molecule has 0 saturated carbocycles. The number of piperazine rings is 1. The maximum absolute atomic E-state index is 11.6. The molecule has 1 aromatic rings. The maximum Gasteiger partial charge on any atom is 0.211 e. The first-order valence-electron chi connectivity index (χ1n) is 7.25. The van der Waals surface area contributed by atoms with Gasteiger partial charge in [-0.05, 0) is 13.3 Å². The number of nitrogens with one attached hydrogen (secondary N) is 1. The molecule has 2 rings (SSSR count). The number of nitrogens with zero attached hydrogens (tertiary/aromatic N) is 4. The van der Waals surface area contributed by atoms with Crippen LogP contribution in [-0.2, 0) is 16.4 Å². The van der Waals surface area contributed by atoms with Crippen molar-refractivity contribution >= 4 is 21.7 Å². The number of hydrogen-bond acceptors (Lipinski definition) is 6. The second-order valence-corrected chi connectivity index (χ2v) is 7.04. The quantitative estimate of drug-likeness (QED) is 0.855. The monoisotopic (exact) mass is 313 g/mol. The number of rotatable bonds is 5. The second kappa shape index (κ2) is 6.57. The molecule has 2 heterocycles. The molecule has 7 nitrogen and oxygen atoms in total. The van der Waals surface area contributed by atoms with Crippen LogP contribution in [0.15, 0.2) is 6.33 Å². The average Bonchev–Trinajstić information content (AvgIpc) is 2.46. The molecule has 0 unspecified atom stereocenters. The van der Waals surface area contributed by atoms with Gasteiger partial charge < -0.3 is 10.2 Å². The Morgan fingerprint density at radius 2 is 1.86 bits per heavy atom. The minimum Gasteiger partial charge on any atom is -0.370 e. The first kappa shape index (κ1) is 16.0. The van der Waals surface area contributed by atoms with Crippen molar-refractivity contribution in [1.29, 1.82) is 0 Å². The van der Waals surface area contributed by atoms with Gasteiger partial charge in [0.1, 0.15) is 18.0 Å². The lowest BCUT2D eigenvalue weighted by atomic mass is 10.2. The lowest BCUT2D eigenvalue weighted by molar-refractivity contribution is 0.386. The zero-order valence-electron chi connectivity index (χ0n) is 12.8. The van der Waals surface area contributed by atoms with Gasteiger partial charge in [-0.3, -0.25) is 0 Å². The van der Waals surface area contributed by atoms with Gasteiger partial charge in [0.15, 0.2) is 0 Å². The van der Waals surface area contributed by atoms with Crippen LogP contribution in [0, 0.1) is 0 Å². The molecule has 21 heavy (non-hydrogen) atoms. The van der Waals surface area contributed by atoms with Crippen LogP contribution in [0.25, 0.3) is 0 Å². The predicted molar refractivity (Wildman–Crippen MR) is 84.2 cm³/mol. The SMILES string of the molecule is CCNc1ncnc(N2CCN(S(C)(=O)=O)CC2)c1CC. The summed E-state index contributed by atoms with van der Waals surface area (Å²) in [7, 11) is -3.10. The summed E-state index contributed by atoms with van der Waals surface area (Å²) in [6, 6.07) is 0. The van der Waals surface area contributed by atoms with Gasteiger partial charge in [-0.15, -0.1) is 0 Å². The van der Waals surface area contributed by atoms with E-state index >= 15 is 0 Å². The van der Waals surface area contributed by atoms with Crippen LogP contribution < -0.4 is 10.2 Å². The first-order chi connectivity index (χ1) is 9.97. The number of sulfonamides is 1. The molecule has 1 aliphatic rings. The van der Waals surface area contributed by atoms with Crippen LogP contribution in [0.5, 0.6) is 0 Å². The van der Waals surface area contributed by atoms with Gasteiger partial charge in [-0.2, -0.15) is 4.31 Å². The van der Waals surface area contributed by atoms with Gasteiger partial charge >= 0.3 is 0 Å². The molecule has 8 heteroatoms. The summed E-state index contributed by atoms with van der Waals surface area (Å²) in [5, 5.41) is 3.26. The highest BCUT2D eigenvalue weighted by atomic mass is 32.2. The van der Waals surface area contributed by atoms with Crippen LogP contribution >= 0.6 is 0 Å².